The lowest BCUT2D eigenvalue weighted by Gasteiger charge is -2.42. The third-order valence-electron chi connectivity index (χ3n) is 4.43. The molecule has 1 aliphatic rings. The van der Waals surface area contributed by atoms with Crippen molar-refractivity contribution in [2.75, 3.05) is 26.2 Å². The van der Waals surface area contributed by atoms with E-state index < -0.39 is 0 Å². The van der Waals surface area contributed by atoms with Gasteiger partial charge < -0.3 is 10.8 Å². The van der Waals surface area contributed by atoms with Crippen LogP contribution in [0.1, 0.15) is 52.4 Å². The molecule has 3 heteroatoms. The lowest BCUT2D eigenvalue weighted by molar-refractivity contribution is 0.0640. The van der Waals surface area contributed by atoms with Crippen LogP contribution in [0, 0.1) is 11.8 Å². The molecule has 0 radical (unpaired) electrons. The molecule has 1 saturated carbocycles. The maximum Gasteiger partial charge on any atom is 0.0558 e. The Kier molecular flexibility index (Phi) is 7.87. The molecule has 3 N–H and O–H groups in total. The van der Waals surface area contributed by atoms with Crippen molar-refractivity contribution in [3.05, 3.63) is 0 Å². The van der Waals surface area contributed by atoms with E-state index >= 15 is 0 Å². The van der Waals surface area contributed by atoms with Crippen LogP contribution < -0.4 is 5.73 Å². The molecule has 3 atom stereocenters. The quantitative estimate of drug-likeness (QED) is 0.700. The summed E-state index contributed by atoms with van der Waals surface area (Å²) in [5.74, 6) is 1.51. The van der Waals surface area contributed by atoms with Crippen LogP contribution in [-0.4, -0.2) is 42.3 Å². The molecule has 18 heavy (non-hydrogen) atoms. The van der Waals surface area contributed by atoms with Crippen LogP contribution in [0.25, 0.3) is 0 Å². The van der Waals surface area contributed by atoms with Crippen molar-refractivity contribution in [3.8, 4) is 0 Å². The molecule has 0 amide bonds. The van der Waals surface area contributed by atoms with Crippen molar-refractivity contribution in [3.63, 3.8) is 0 Å². The molecular formula is C15H32N2O. The van der Waals surface area contributed by atoms with Crippen LogP contribution in [0.2, 0.25) is 0 Å². The highest BCUT2D eigenvalue weighted by atomic mass is 16.3. The van der Waals surface area contributed by atoms with Gasteiger partial charge in [-0.25, -0.2) is 0 Å². The highest BCUT2D eigenvalue weighted by molar-refractivity contribution is 4.87. The Hall–Kier alpha value is -0.120. The number of aliphatic hydroxyl groups excluding tert-OH is 1. The van der Waals surface area contributed by atoms with Gasteiger partial charge in [0.1, 0.15) is 0 Å². The second kappa shape index (κ2) is 8.89. The van der Waals surface area contributed by atoms with Crippen LogP contribution in [0.4, 0.5) is 0 Å². The topological polar surface area (TPSA) is 49.5 Å². The van der Waals surface area contributed by atoms with E-state index in [9.17, 15) is 5.11 Å². The van der Waals surface area contributed by atoms with Crippen LogP contribution >= 0.6 is 0 Å². The molecule has 0 aromatic carbocycles. The average Bonchev–Trinajstić information content (AvgIpc) is 2.39. The Balaban J connectivity index is 2.63. The minimum atomic E-state index is 0.270. The van der Waals surface area contributed by atoms with Crippen molar-refractivity contribution in [1.82, 2.24) is 4.90 Å². The molecule has 0 aromatic heterocycles. The molecule has 1 rings (SSSR count). The molecule has 0 aliphatic heterocycles. The van der Waals surface area contributed by atoms with E-state index in [1.54, 1.807) is 0 Å². The largest absolute Gasteiger partial charge is 0.395 e. The lowest BCUT2D eigenvalue weighted by atomic mass is 9.76. The first kappa shape index (κ1) is 15.9. The summed E-state index contributed by atoms with van der Waals surface area (Å²) in [5.41, 5.74) is 5.95. The minimum absolute atomic E-state index is 0.270. The normalized spacial score (nSPS) is 28.8. The molecule has 0 heterocycles. The number of rotatable bonds is 8. The zero-order valence-corrected chi connectivity index (χ0v) is 12.3. The summed E-state index contributed by atoms with van der Waals surface area (Å²) in [7, 11) is 0. The van der Waals surface area contributed by atoms with Gasteiger partial charge in [0.2, 0.25) is 0 Å². The third-order valence-corrected chi connectivity index (χ3v) is 4.43. The van der Waals surface area contributed by atoms with Crippen molar-refractivity contribution in [2.24, 2.45) is 17.6 Å². The molecule has 0 aromatic rings. The monoisotopic (exact) mass is 256 g/mol. The van der Waals surface area contributed by atoms with Gasteiger partial charge in [0.25, 0.3) is 0 Å². The van der Waals surface area contributed by atoms with Gasteiger partial charge in [-0.05, 0) is 44.2 Å². The SMILES string of the molecule is CCCC1CCC(CN)C(N(CCC)CCO)C1. The van der Waals surface area contributed by atoms with Gasteiger partial charge in [0, 0.05) is 12.6 Å². The molecule has 0 saturated heterocycles. The Morgan fingerprint density at radius 3 is 2.50 bits per heavy atom. The summed E-state index contributed by atoms with van der Waals surface area (Å²) in [4.78, 5) is 2.49. The maximum absolute atomic E-state index is 9.25. The van der Waals surface area contributed by atoms with Crippen LogP contribution in [0.5, 0.6) is 0 Å². The molecule has 108 valence electrons. The Bertz CT molecular complexity index is 205. The van der Waals surface area contributed by atoms with Crippen LogP contribution in [0.15, 0.2) is 0 Å². The number of hydrogen-bond acceptors (Lipinski definition) is 3. The first-order valence-electron chi connectivity index (χ1n) is 7.81. The standard InChI is InChI=1S/C15H32N2O/c1-3-5-13-6-7-14(12-16)15(11-13)17(8-4-2)9-10-18/h13-15,18H,3-12,16H2,1-2H3. The lowest BCUT2D eigenvalue weighted by Crippen LogP contribution is -2.48. The summed E-state index contributed by atoms with van der Waals surface area (Å²) in [6, 6.07) is 0.604. The van der Waals surface area contributed by atoms with E-state index in [1.165, 1.54) is 32.1 Å². The van der Waals surface area contributed by atoms with E-state index in [1.807, 2.05) is 0 Å². The average molecular weight is 256 g/mol. The van der Waals surface area contributed by atoms with Gasteiger partial charge in [-0.1, -0.05) is 33.1 Å². The molecule has 3 nitrogen and oxygen atoms in total. The maximum atomic E-state index is 9.25. The van der Waals surface area contributed by atoms with Crippen molar-refractivity contribution in [2.45, 2.75) is 58.4 Å². The zero-order chi connectivity index (χ0) is 13.4. The molecular weight excluding hydrogens is 224 g/mol. The molecule has 1 fully saturated rings. The summed E-state index contributed by atoms with van der Waals surface area (Å²) in [5, 5.41) is 9.25. The molecule has 0 spiro atoms. The van der Waals surface area contributed by atoms with Gasteiger partial charge >= 0.3 is 0 Å². The number of hydrogen-bond donors (Lipinski definition) is 2. The first-order chi connectivity index (χ1) is 8.76. The smallest absolute Gasteiger partial charge is 0.0558 e. The zero-order valence-electron chi connectivity index (χ0n) is 12.3. The Morgan fingerprint density at radius 1 is 1.17 bits per heavy atom. The highest BCUT2D eigenvalue weighted by Gasteiger charge is 2.32. The summed E-state index contributed by atoms with van der Waals surface area (Å²) < 4.78 is 0. The van der Waals surface area contributed by atoms with Crippen molar-refractivity contribution >= 4 is 0 Å². The van der Waals surface area contributed by atoms with Crippen LogP contribution in [-0.2, 0) is 0 Å². The van der Waals surface area contributed by atoms with E-state index in [0.717, 1.165) is 32.0 Å². The fourth-order valence-electron chi connectivity index (χ4n) is 3.55. The fourth-order valence-corrected chi connectivity index (χ4v) is 3.55. The summed E-state index contributed by atoms with van der Waals surface area (Å²) in [6.07, 6.45) is 7.72. The summed E-state index contributed by atoms with van der Waals surface area (Å²) in [6.45, 7) is 7.48. The highest BCUT2D eigenvalue weighted by Crippen LogP contribution is 2.34. The first-order valence-corrected chi connectivity index (χ1v) is 7.81. The Labute approximate surface area is 113 Å². The predicted molar refractivity (Wildman–Crippen MR) is 77.5 cm³/mol. The van der Waals surface area contributed by atoms with E-state index in [2.05, 4.69) is 18.7 Å². The van der Waals surface area contributed by atoms with E-state index in [-0.39, 0.29) is 6.61 Å². The fraction of sp³-hybridized carbons (Fsp3) is 1.00. The van der Waals surface area contributed by atoms with Gasteiger partial charge in [-0.15, -0.1) is 0 Å². The van der Waals surface area contributed by atoms with Crippen molar-refractivity contribution < 1.29 is 5.11 Å². The molecule has 0 bridgehead atoms. The van der Waals surface area contributed by atoms with Crippen LogP contribution in [0.3, 0.4) is 0 Å². The van der Waals surface area contributed by atoms with E-state index in [0.29, 0.717) is 12.0 Å². The van der Waals surface area contributed by atoms with E-state index in [4.69, 9.17) is 5.73 Å². The summed E-state index contributed by atoms with van der Waals surface area (Å²) >= 11 is 0. The second-order valence-electron chi connectivity index (χ2n) is 5.79. The predicted octanol–water partition coefficient (Wildman–Crippen LogP) is 2.23. The third kappa shape index (κ3) is 4.52. The molecule has 3 unspecified atom stereocenters. The van der Waals surface area contributed by atoms with Crippen molar-refractivity contribution in [1.29, 1.82) is 0 Å². The van der Waals surface area contributed by atoms with Gasteiger partial charge in [0.05, 0.1) is 6.61 Å². The van der Waals surface area contributed by atoms with Gasteiger partial charge in [-0.2, -0.15) is 0 Å². The minimum Gasteiger partial charge on any atom is -0.395 e. The molecule has 1 aliphatic carbocycles. The number of nitrogens with two attached hydrogens (primary N) is 1. The number of aliphatic hydroxyl groups is 1. The van der Waals surface area contributed by atoms with Gasteiger partial charge in [-0.3, -0.25) is 4.90 Å². The van der Waals surface area contributed by atoms with Gasteiger partial charge in [0.15, 0.2) is 0 Å². The second-order valence-corrected chi connectivity index (χ2v) is 5.79. The Morgan fingerprint density at radius 2 is 1.94 bits per heavy atom. The number of nitrogens with zero attached hydrogens (tertiary/aromatic N) is 1.